The number of nitrogens with zero attached hydrogens (tertiary/aromatic N) is 1. The molecule has 1 saturated heterocycles. The molecule has 1 aromatic rings. The van der Waals surface area contributed by atoms with Gasteiger partial charge in [-0.25, -0.2) is 4.39 Å². The van der Waals surface area contributed by atoms with Crippen molar-refractivity contribution in [3.8, 4) is 0 Å². The summed E-state index contributed by atoms with van der Waals surface area (Å²) in [6, 6.07) is 4.78. The normalized spacial score (nSPS) is 20.6. The molecule has 1 aliphatic heterocycles. The lowest BCUT2D eigenvalue weighted by Crippen LogP contribution is -2.32. The highest BCUT2D eigenvalue weighted by Crippen LogP contribution is 2.24. The number of nitrogens with two attached hydrogens (primary N) is 1. The summed E-state index contributed by atoms with van der Waals surface area (Å²) in [6.07, 6.45) is 0.980. The highest BCUT2D eigenvalue weighted by atomic mass is 19.1. The third-order valence-corrected chi connectivity index (χ3v) is 3.05. The van der Waals surface area contributed by atoms with Gasteiger partial charge in [-0.2, -0.15) is 0 Å². The van der Waals surface area contributed by atoms with Gasteiger partial charge in [-0.1, -0.05) is 6.07 Å². The van der Waals surface area contributed by atoms with Gasteiger partial charge in [0.2, 0.25) is 0 Å². The molecular weight excluding hydrogens is 233 g/mol. The number of anilines is 1. The van der Waals surface area contributed by atoms with E-state index in [1.165, 1.54) is 6.07 Å². The Hall–Kier alpha value is -1.62. The van der Waals surface area contributed by atoms with E-state index >= 15 is 0 Å². The predicted molar refractivity (Wildman–Crippen MR) is 69.7 cm³/mol. The molecule has 18 heavy (non-hydrogen) atoms. The molecule has 3 N–H and O–H groups in total. The maximum atomic E-state index is 13.8. The number of nitrogens with one attached hydrogen (secondary N) is 1. The quantitative estimate of drug-likeness (QED) is 0.621. The van der Waals surface area contributed by atoms with Crippen LogP contribution in [0.5, 0.6) is 0 Å². The molecule has 1 atom stereocenters. The van der Waals surface area contributed by atoms with Crippen LogP contribution in [0.25, 0.3) is 0 Å². The number of amidine groups is 1. The number of halogens is 1. The lowest BCUT2D eigenvalue weighted by Gasteiger charge is -2.26. The fourth-order valence-corrected chi connectivity index (χ4v) is 2.26. The molecule has 0 saturated carbocycles. The van der Waals surface area contributed by atoms with Crippen LogP contribution in [-0.2, 0) is 4.74 Å². The SMILES string of the molecule is CC1CN(c2cccc(F)c2C(=N)N)CCCO1. The molecule has 1 aliphatic rings. The first-order valence-corrected chi connectivity index (χ1v) is 6.09. The highest BCUT2D eigenvalue weighted by molar-refractivity contribution is 6.00. The minimum absolute atomic E-state index is 0.0931. The minimum atomic E-state index is -0.446. The predicted octanol–water partition coefficient (Wildman–Crippen LogP) is 1.72. The molecule has 4 nitrogen and oxygen atoms in total. The Morgan fingerprint density at radius 2 is 2.33 bits per heavy atom. The van der Waals surface area contributed by atoms with E-state index < -0.39 is 5.82 Å². The molecule has 1 fully saturated rings. The van der Waals surface area contributed by atoms with Crippen molar-refractivity contribution in [2.24, 2.45) is 5.73 Å². The van der Waals surface area contributed by atoms with Gasteiger partial charge in [0.25, 0.3) is 0 Å². The zero-order valence-electron chi connectivity index (χ0n) is 10.4. The van der Waals surface area contributed by atoms with Crippen molar-refractivity contribution in [1.82, 2.24) is 0 Å². The Morgan fingerprint density at radius 1 is 1.56 bits per heavy atom. The van der Waals surface area contributed by atoms with E-state index in [0.29, 0.717) is 18.8 Å². The van der Waals surface area contributed by atoms with Crippen molar-refractivity contribution in [3.05, 3.63) is 29.6 Å². The van der Waals surface area contributed by atoms with Crippen LogP contribution in [0.4, 0.5) is 10.1 Å². The summed E-state index contributed by atoms with van der Waals surface area (Å²) in [5.74, 6) is -0.682. The Kier molecular flexibility index (Phi) is 3.81. The molecule has 0 spiro atoms. The second-order valence-corrected chi connectivity index (χ2v) is 4.53. The van der Waals surface area contributed by atoms with Crippen molar-refractivity contribution >= 4 is 11.5 Å². The third kappa shape index (κ3) is 2.61. The first-order valence-electron chi connectivity index (χ1n) is 6.09. The highest BCUT2D eigenvalue weighted by Gasteiger charge is 2.20. The van der Waals surface area contributed by atoms with Gasteiger partial charge in [0, 0.05) is 19.7 Å². The van der Waals surface area contributed by atoms with E-state index in [2.05, 4.69) is 0 Å². The maximum Gasteiger partial charge on any atom is 0.136 e. The molecule has 5 heteroatoms. The van der Waals surface area contributed by atoms with Gasteiger partial charge in [-0.15, -0.1) is 0 Å². The molecule has 0 aliphatic carbocycles. The molecule has 1 heterocycles. The van der Waals surface area contributed by atoms with Crippen LogP contribution in [0, 0.1) is 11.2 Å². The first-order chi connectivity index (χ1) is 8.59. The first kappa shape index (κ1) is 12.8. The van der Waals surface area contributed by atoms with Gasteiger partial charge < -0.3 is 15.4 Å². The summed E-state index contributed by atoms with van der Waals surface area (Å²) in [6.45, 7) is 4.17. The summed E-state index contributed by atoms with van der Waals surface area (Å²) < 4.78 is 19.3. The molecule has 2 rings (SSSR count). The topological polar surface area (TPSA) is 62.3 Å². The lowest BCUT2D eigenvalue weighted by atomic mass is 10.1. The van der Waals surface area contributed by atoms with Crippen LogP contribution in [0.15, 0.2) is 18.2 Å². The smallest absolute Gasteiger partial charge is 0.136 e. The third-order valence-electron chi connectivity index (χ3n) is 3.05. The Bertz CT molecular complexity index is 450. The minimum Gasteiger partial charge on any atom is -0.384 e. The van der Waals surface area contributed by atoms with Crippen LogP contribution < -0.4 is 10.6 Å². The van der Waals surface area contributed by atoms with Crippen LogP contribution >= 0.6 is 0 Å². The van der Waals surface area contributed by atoms with E-state index in [4.69, 9.17) is 15.9 Å². The second kappa shape index (κ2) is 5.35. The average molecular weight is 251 g/mol. The van der Waals surface area contributed by atoms with Crippen LogP contribution in [-0.4, -0.2) is 31.6 Å². The molecule has 1 aromatic carbocycles. The molecule has 0 bridgehead atoms. The van der Waals surface area contributed by atoms with Crippen LogP contribution in [0.2, 0.25) is 0 Å². The fraction of sp³-hybridized carbons (Fsp3) is 0.462. The molecule has 1 unspecified atom stereocenters. The number of ether oxygens (including phenoxy) is 1. The fourth-order valence-electron chi connectivity index (χ4n) is 2.26. The molecule has 98 valence electrons. The maximum absolute atomic E-state index is 13.8. The molecule has 0 amide bonds. The standard InChI is InChI=1S/C13H18FN3O/c1-9-8-17(6-3-7-18-9)11-5-2-4-10(14)12(11)13(15)16/h2,4-5,9H,3,6-8H2,1H3,(H3,15,16). The van der Waals surface area contributed by atoms with Crippen molar-refractivity contribution in [2.75, 3.05) is 24.6 Å². The van der Waals surface area contributed by atoms with Gasteiger partial charge in [0.1, 0.15) is 11.7 Å². The summed E-state index contributed by atoms with van der Waals surface area (Å²) in [5.41, 5.74) is 6.35. The van der Waals surface area contributed by atoms with Gasteiger partial charge in [-0.05, 0) is 25.5 Å². The molecule has 0 radical (unpaired) electrons. The number of hydrogen-bond acceptors (Lipinski definition) is 3. The zero-order chi connectivity index (χ0) is 13.1. The number of nitrogen functional groups attached to an aromatic ring is 1. The van der Waals surface area contributed by atoms with Gasteiger partial charge in [0.05, 0.1) is 17.4 Å². The summed E-state index contributed by atoms with van der Waals surface area (Å²) in [5, 5.41) is 7.52. The van der Waals surface area contributed by atoms with E-state index in [1.54, 1.807) is 12.1 Å². The van der Waals surface area contributed by atoms with Crippen LogP contribution in [0.3, 0.4) is 0 Å². The zero-order valence-corrected chi connectivity index (χ0v) is 10.4. The summed E-state index contributed by atoms with van der Waals surface area (Å²) in [7, 11) is 0. The van der Waals surface area contributed by atoms with E-state index in [9.17, 15) is 4.39 Å². The van der Waals surface area contributed by atoms with Crippen molar-refractivity contribution < 1.29 is 9.13 Å². The number of benzene rings is 1. The molecule has 0 aromatic heterocycles. The molecular formula is C13H18FN3O. The Morgan fingerprint density at radius 3 is 3.06 bits per heavy atom. The second-order valence-electron chi connectivity index (χ2n) is 4.53. The lowest BCUT2D eigenvalue weighted by molar-refractivity contribution is 0.0821. The Labute approximate surface area is 106 Å². The average Bonchev–Trinajstić information content (AvgIpc) is 2.53. The van der Waals surface area contributed by atoms with Gasteiger partial charge in [0.15, 0.2) is 0 Å². The monoisotopic (exact) mass is 251 g/mol. The number of hydrogen-bond donors (Lipinski definition) is 2. The van der Waals surface area contributed by atoms with Crippen molar-refractivity contribution in [3.63, 3.8) is 0 Å². The van der Waals surface area contributed by atoms with E-state index in [-0.39, 0.29) is 17.5 Å². The van der Waals surface area contributed by atoms with E-state index in [0.717, 1.165) is 13.0 Å². The Balaban J connectivity index is 2.37. The van der Waals surface area contributed by atoms with Crippen molar-refractivity contribution in [1.29, 1.82) is 5.41 Å². The number of rotatable bonds is 2. The summed E-state index contributed by atoms with van der Waals surface area (Å²) >= 11 is 0. The van der Waals surface area contributed by atoms with Crippen molar-refractivity contribution in [2.45, 2.75) is 19.4 Å². The van der Waals surface area contributed by atoms with E-state index in [1.807, 2.05) is 11.8 Å². The van der Waals surface area contributed by atoms with Gasteiger partial charge in [-0.3, -0.25) is 5.41 Å². The van der Waals surface area contributed by atoms with Gasteiger partial charge >= 0.3 is 0 Å². The van der Waals surface area contributed by atoms with Crippen LogP contribution in [0.1, 0.15) is 18.9 Å². The summed E-state index contributed by atoms with van der Waals surface area (Å²) in [4.78, 5) is 2.04. The largest absolute Gasteiger partial charge is 0.384 e.